The van der Waals surface area contributed by atoms with Crippen LogP contribution in [0.5, 0.6) is 11.5 Å². The predicted octanol–water partition coefficient (Wildman–Crippen LogP) is 3.18. The molecule has 2 rings (SSSR count). The van der Waals surface area contributed by atoms with Crippen LogP contribution in [0.3, 0.4) is 0 Å². The van der Waals surface area contributed by atoms with Crippen LogP contribution in [0, 0.1) is 0 Å². The lowest BCUT2D eigenvalue weighted by atomic mass is 9.72. The summed E-state index contributed by atoms with van der Waals surface area (Å²) in [4.78, 5) is 14.6. The summed E-state index contributed by atoms with van der Waals surface area (Å²) in [6.07, 6.45) is 4.40. The van der Waals surface area contributed by atoms with Gasteiger partial charge in [-0.05, 0) is 47.3 Å². The summed E-state index contributed by atoms with van der Waals surface area (Å²) in [6, 6.07) is 3.72. The molecule has 1 aliphatic rings. The number of benzene rings is 1. The Morgan fingerprint density at radius 1 is 1.28 bits per heavy atom. The Morgan fingerprint density at radius 3 is 2.39 bits per heavy atom. The van der Waals surface area contributed by atoms with Crippen molar-refractivity contribution in [3.05, 3.63) is 22.2 Å². The summed E-state index contributed by atoms with van der Waals surface area (Å²) in [5.74, 6) is 1.42. The van der Waals surface area contributed by atoms with E-state index in [1.165, 1.54) is 0 Å². The summed E-state index contributed by atoms with van der Waals surface area (Å²) in [7, 11) is 3.21. The summed E-state index contributed by atoms with van der Waals surface area (Å²) >= 11 is 3.41. The first-order chi connectivity index (χ1) is 8.66. The smallest absolute Gasteiger partial charge is 0.235 e. The van der Waals surface area contributed by atoms with Crippen molar-refractivity contribution >= 4 is 22.0 Å². The van der Waals surface area contributed by atoms with E-state index in [1.54, 1.807) is 20.3 Å². The molecule has 96 valence electrons. The van der Waals surface area contributed by atoms with Gasteiger partial charge in [-0.15, -0.1) is 0 Å². The van der Waals surface area contributed by atoms with Crippen molar-refractivity contribution in [1.82, 2.24) is 0 Å². The van der Waals surface area contributed by atoms with Crippen LogP contribution in [0.2, 0.25) is 0 Å². The first kappa shape index (κ1) is 13.1. The van der Waals surface area contributed by atoms with E-state index in [0.29, 0.717) is 11.5 Å². The Morgan fingerprint density at radius 2 is 1.94 bits per heavy atom. The monoisotopic (exact) mass is 311 g/mol. The van der Waals surface area contributed by atoms with E-state index >= 15 is 0 Å². The van der Waals surface area contributed by atoms with Gasteiger partial charge in [-0.25, -0.2) is 4.79 Å². The molecule has 1 fully saturated rings. The maximum atomic E-state index is 10.6. The Labute approximate surface area is 114 Å². The second kappa shape index (κ2) is 5.12. The molecule has 1 aromatic rings. The van der Waals surface area contributed by atoms with Crippen LogP contribution in [0.25, 0.3) is 0 Å². The first-order valence-electron chi connectivity index (χ1n) is 5.68. The molecule has 0 aromatic heterocycles. The molecule has 0 radical (unpaired) electrons. The van der Waals surface area contributed by atoms with Gasteiger partial charge < -0.3 is 9.47 Å². The molecule has 0 bridgehead atoms. The molecule has 18 heavy (non-hydrogen) atoms. The number of ether oxygens (including phenoxy) is 2. The zero-order chi connectivity index (χ0) is 13.2. The van der Waals surface area contributed by atoms with Crippen molar-refractivity contribution < 1.29 is 14.3 Å². The average molecular weight is 312 g/mol. The van der Waals surface area contributed by atoms with Crippen LogP contribution in [0.15, 0.2) is 21.6 Å². The minimum atomic E-state index is -0.485. The zero-order valence-electron chi connectivity index (χ0n) is 10.3. The van der Waals surface area contributed by atoms with E-state index < -0.39 is 5.54 Å². The van der Waals surface area contributed by atoms with Crippen LogP contribution in [0.1, 0.15) is 24.8 Å². The lowest BCUT2D eigenvalue weighted by Crippen LogP contribution is -2.32. The number of aliphatic imine (C=N–C) groups is 1. The zero-order valence-corrected chi connectivity index (χ0v) is 11.9. The van der Waals surface area contributed by atoms with Crippen molar-refractivity contribution in [1.29, 1.82) is 0 Å². The number of rotatable bonds is 4. The van der Waals surface area contributed by atoms with Crippen LogP contribution >= 0.6 is 15.9 Å². The quantitative estimate of drug-likeness (QED) is 0.634. The van der Waals surface area contributed by atoms with E-state index in [0.717, 1.165) is 29.3 Å². The van der Waals surface area contributed by atoms with Gasteiger partial charge in [0.1, 0.15) is 17.0 Å². The molecule has 0 saturated heterocycles. The second-order valence-electron chi connectivity index (χ2n) is 4.28. The molecular formula is C13H14BrNO3. The number of hydrogen-bond donors (Lipinski definition) is 0. The maximum absolute atomic E-state index is 10.6. The highest BCUT2D eigenvalue weighted by molar-refractivity contribution is 9.10. The third kappa shape index (κ3) is 2.04. The van der Waals surface area contributed by atoms with Gasteiger partial charge in [0.15, 0.2) is 0 Å². The van der Waals surface area contributed by atoms with Crippen molar-refractivity contribution in [2.24, 2.45) is 4.99 Å². The third-order valence-corrected chi connectivity index (χ3v) is 4.04. The van der Waals surface area contributed by atoms with Gasteiger partial charge in [0.05, 0.1) is 18.7 Å². The summed E-state index contributed by atoms with van der Waals surface area (Å²) in [6.45, 7) is 0. The van der Waals surface area contributed by atoms with Crippen molar-refractivity contribution in [3.8, 4) is 11.5 Å². The fraction of sp³-hybridized carbons (Fsp3) is 0.462. The molecule has 0 amide bonds. The van der Waals surface area contributed by atoms with E-state index in [4.69, 9.17) is 9.47 Å². The van der Waals surface area contributed by atoms with E-state index in [2.05, 4.69) is 20.9 Å². The Kier molecular flexibility index (Phi) is 3.73. The minimum absolute atomic E-state index is 0.485. The minimum Gasteiger partial charge on any atom is -0.496 e. The molecule has 0 aliphatic heterocycles. The van der Waals surface area contributed by atoms with Gasteiger partial charge in [-0.1, -0.05) is 0 Å². The number of isocyanates is 1. The molecule has 5 heteroatoms. The number of hydrogen-bond acceptors (Lipinski definition) is 4. The Bertz CT molecular complexity index is 505. The highest BCUT2D eigenvalue weighted by Gasteiger charge is 2.41. The lowest BCUT2D eigenvalue weighted by molar-refractivity contribution is 0.245. The fourth-order valence-corrected chi connectivity index (χ4v) is 2.75. The fourth-order valence-electron chi connectivity index (χ4n) is 2.26. The van der Waals surface area contributed by atoms with Crippen LogP contribution in [-0.2, 0) is 10.3 Å². The standard InChI is InChI=1S/C13H14BrNO3/c1-17-11-7-10(14)12(18-2)6-9(11)13(15-8-16)4-3-5-13/h6-7H,3-5H2,1-2H3. The SMILES string of the molecule is COc1cc(C2(N=C=O)CCC2)c(OC)cc1Br. The van der Waals surface area contributed by atoms with Crippen molar-refractivity contribution in [2.75, 3.05) is 14.2 Å². The molecule has 4 nitrogen and oxygen atoms in total. The predicted molar refractivity (Wildman–Crippen MR) is 70.9 cm³/mol. The molecule has 1 saturated carbocycles. The Hall–Kier alpha value is -1.32. The molecular weight excluding hydrogens is 298 g/mol. The van der Waals surface area contributed by atoms with Gasteiger partial charge in [0, 0.05) is 5.56 Å². The summed E-state index contributed by atoms with van der Waals surface area (Å²) in [5, 5.41) is 0. The highest BCUT2D eigenvalue weighted by atomic mass is 79.9. The Balaban J connectivity index is 2.57. The number of halogens is 1. The van der Waals surface area contributed by atoms with E-state index in [-0.39, 0.29) is 0 Å². The summed E-state index contributed by atoms with van der Waals surface area (Å²) in [5.41, 5.74) is 0.404. The average Bonchev–Trinajstić information content (AvgIpc) is 2.33. The molecule has 1 aromatic carbocycles. The molecule has 0 unspecified atom stereocenters. The number of nitrogens with zero attached hydrogens (tertiary/aromatic N) is 1. The van der Waals surface area contributed by atoms with Crippen LogP contribution < -0.4 is 9.47 Å². The van der Waals surface area contributed by atoms with Gasteiger partial charge in [0.25, 0.3) is 0 Å². The number of methoxy groups -OCH3 is 2. The molecule has 0 atom stereocenters. The van der Waals surface area contributed by atoms with Gasteiger partial charge in [-0.2, -0.15) is 4.99 Å². The third-order valence-electron chi connectivity index (χ3n) is 3.42. The maximum Gasteiger partial charge on any atom is 0.235 e. The molecule has 0 heterocycles. The topological polar surface area (TPSA) is 47.9 Å². The van der Waals surface area contributed by atoms with Gasteiger partial charge >= 0.3 is 0 Å². The van der Waals surface area contributed by atoms with E-state index in [1.807, 2.05) is 12.1 Å². The normalized spacial score (nSPS) is 16.4. The van der Waals surface area contributed by atoms with Crippen molar-refractivity contribution in [3.63, 3.8) is 0 Å². The van der Waals surface area contributed by atoms with Crippen LogP contribution in [0.4, 0.5) is 0 Å². The van der Waals surface area contributed by atoms with Gasteiger partial charge in [-0.3, -0.25) is 0 Å². The van der Waals surface area contributed by atoms with Crippen LogP contribution in [-0.4, -0.2) is 20.3 Å². The molecule has 1 aliphatic carbocycles. The second-order valence-corrected chi connectivity index (χ2v) is 5.13. The van der Waals surface area contributed by atoms with Gasteiger partial charge in [0.2, 0.25) is 6.08 Å². The summed E-state index contributed by atoms with van der Waals surface area (Å²) < 4.78 is 11.5. The largest absolute Gasteiger partial charge is 0.496 e. The highest BCUT2D eigenvalue weighted by Crippen LogP contribution is 2.50. The molecule has 0 spiro atoms. The lowest BCUT2D eigenvalue weighted by Gasteiger charge is -2.38. The number of carbonyl (C=O) groups excluding carboxylic acids is 1. The van der Waals surface area contributed by atoms with Crippen molar-refractivity contribution in [2.45, 2.75) is 24.8 Å². The van der Waals surface area contributed by atoms with E-state index in [9.17, 15) is 4.79 Å². The molecule has 0 N–H and O–H groups in total. The first-order valence-corrected chi connectivity index (χ1v) is 6.47.